The van der Waals surface area contributed by atoms with Gasteiger partial charge in [0.15, 0.2) is 19.3 Å². The molecule has 2 nitrogen and oxygen atoms in total. The number of pyridine rings is 2. The Hall–Kier alpha value is -4.16. The Balaban J connectivity index is 1.13. The van der Waals surface area contributed by atoms with Gasteiger partial charge in [0.2, 0.25) is 17.1 Å². The average Bonchev–Trinajstić information content (AvgIpc) is 3.87. The fraction of sp³-hybridized carbons (Fsp3) is 0.150. The number of nitrogens with zero attached hydrogens (tertiary/aromatic N) is 2. The van der Waals surface area contributed by atoms with Crippen LogP contribution in [0.1, 0.15) is 32.8 Å². The second-order valence-corrected chi connectivity index (χ2v) is 15.2. The van der Waals surface area contributed by atoms with Gasteiger partial charge in [0.1, 0.15) is 0 Å². The van der Waals surface area contributed by atoms with Crippen molar-refractivity contribution in [3.05, 3.63) is 129 Å². The molecule has 218 valence electrons. The van der Waals surface area contributed by atoms with Crippen molar-refractivity contribution in [3.63, 3.8) is 0 Å². The Labute approximate surface area is 275 Å². The molecule has 0 saturated carbocycles. The van der Waals surface area contributed by atoms with E-state index >= 15 is 0 Å². The largest absolute Gasteiger partial charge is 0.221 e. The first-order valence-electron chi connectivity index (χ1n) is 15.7. The van der Waals surface area contributed by atoms with E-state index in [1.54, 1.807) is 0 Å². The summed E-state index contributed by atoms with van der Waals surface area (Å²) in [5.41, 5.74) is 12.9. The van der Waals surface area contributed by atoms with Gasteiger partial charge in [0.25, 0.3) is 0 Å². The van der Waals surface area contributed by atoms with Gasteiger partial charge in [0, 0.05) is 61.5 Å². The van der Waals surface area contributed by atoms with E-state index in [2.05, 4.69) is 132 Å². The van der Waals surface area contributed by atoms with Crippen LogP contribution in [0.3, 0.4) is 0 Å². The van der Waals surface area contributed by atoms with E-state index in [4.69, 9.17) is 0 Å². The Kier molecular flexibility index (Phi) is 6.48. The van der Waals surface area contributed by atoms with E-state index in [1.165, 1.54) is 85.6 Å². The molecule has 0 N–H and O–H groups in total. The lowest BCUT2D eigenvalue weighted by atomic mass is 9.79. The number of aryl methyl sites for hydroxylation is 1. The lowest BCUT2D eigenvalue weighted by Crippen LogP contribution is -2.45. The molecule has 0 fully saturated rings. The Bertz CT molecular complexity index is 2300. The third-order valence-electron chi connectivity index (χ3n) is 9.72. The monoisotopic (exact) mass is 636 g/mol. The van der Waals surface area contributed by atoms with Gasteiger partial charge in [-0.2, -0.15) is 9.13 Å². The van der Waals surface area contributed by atoms with Crippen LogP contribution >= 0.6 is 34.0 Å². The quantitative estimate of drug-likeness (QED) is 0.170. The summed E-state index contributed by atoms with van der Waals surface area (Å²) in [7, 11) is 0. The van der Waals surface area contributed by atoms with Crippen LogP contribution in [-0.4, -0.2) is 0 Å². The number of fused-ring (bicyclic) bond motifs is 9. The third-order valence-corrected chi connectivity index (χ3v) is 13.1. The van der Waals surface area contributed by atoms with Crippen molar-refractivity contribution in [2.45, 2.75) is 39.8 Å². The van der Waals surface area contributed by atoms with Crippen molar-refractivity contribution in [1.82, 2.24) is 0 Å². The number of hydrogen-bond acceptors (Lipinski definition) is 3. The van der Waals surface area contributed by atoms with Crippen LogP contribution in [0.5, 0.6) is 0 Å². The predicted molar refractivity (Wildman–Crippen MR) is 192 cm³/mol. The van der Waals surface area contributed by atoms with Crippen LogP contribution in [-0.2, 0) is 25.9 Å². The highest BCUT2D eigenvalue weighted by Crippen LogP contribution is 2.45. The molecule has 0 unspecified atom stereocenters. The number of benzene rings is 2. The molecule has 0 radical (unpaired) electrons. The maximum absolute atomic E-state index is 2.55. The van der Waals surface area contributed by atoms with Crippen LogP contribution in [0.25, 0.3) is 64.9 Å². The first kappa shape index (κ1) is 27.2. The van der Waals surface area contributed by atoms with Crippen molar-refractivity contribution in [3.8, 4) is 42.0 Å². The highest BCUT2D eigenvalue weighted by atomic mass is 32.1. The molecule has 0 amide bonds. The summed E-state index contributed by atoms with van der Waals surface area (Å²) in [6.45, 7) is 6.73. The Morgan fingerprint density at radius 3 is 2.29 bits per heavy atom. The van der Waals surface area contributed by atoms with Crippen molar-refractivity contribution >= 4 is 56.9 Å². The second kappa shape index (κ2) is 10.7. The highest BCUT2D eigenvalue weighted by Gasteiger charge is 2.37. The zero-order valence-corrected chi connectivity index (χ0v) is 27.8. The highest BCUT2D eigenvalue weighted by molar-refractivity contribution is 7.26. The molecule has 2 aliphatic heterocycles. The van der Waals surface area contributed by atoms with E-state index in [0.29, 0.717) is 0 Å². The van der Waals surface area contributed by atoms with Gasteiger partial charge >= 0.3 is 0 Å². The topological polar surface area (TPSA) is 7.76 Å². The number of thiophene rings is 3. The van der Waals surface area contributed by atoms with Crippen molar-refractivity contribution in [2.75, 3.05) is 0 Å². The van der Waals surface area contributed by atoms with Crippen LogP contribution in [0.2, 0.25) is 0 Å². The lowest BCUT2D eigenvalue weighted by molar-refractivity contribution is -0.690. The van der Waals surface area contributed by atoms with Gasteiger partial charge in [-0.1, -0.05) is 24.3 Å². The van der Waals surface area contributed by atoms with Crippen LogP contribution in [0.15, 0.2) is 96.5 Å². The number of rotatable bonds is 4. The van der Waals surface area contributed by atoms with E-state index in [9.17, 15) is 0 Å². The Morgan fingerprint density at radius 1 is 0.644 bits per heavy atom. The first-order valence-corrected chi connectivity index (χ1v) is 18.2. The molecule has 0 saturated heterocycles. The Morgan fingerprint density at radius 2 is 1.42 bits per heavy atom. The standard InChI is InChI=1S/C40H32N2S3/c1-25-26(2)31-19-22-41-21-18-27-7-3-4-9-32(27)40(41)39(31)38-30(25)20-23-42-28(8-5-10-33(38)42)12-13-29-14-15-36(44-29)37-17-16-35(45-37)34-11-6-24-43-34/h3-18,21,24H,19-20,22-23H2,1-2H3/q+2/b13-12+. The maximum atomic E-state index is 2.55. The maximum Gasteiger partial charge on any atom is 0.221 e. The van der Waals surface area contributed by atoms with Gasteiger partial charge in [-0.25, -0.2) is 0 Å². The summed E-state index contributed by atoms with van der Waals surface area (Å²) in [5, 5.41) is 4.81. The molecule has 2 aromatic carbocycles. The minimum atomic E-state index is 0.994. The summed E-state index contributed by atoms with van der Waals surface area (Å²) in [6, 6.07) is 31.4. The lowest BCUT2D eigenvalue weighted by Gasteiger charge is -2.27. The molecule has 7 heterocycles. The van der Waals surface area contributed by atoms with E-state index < -0.39 is 0 Å². The molecule has 9 rings (SSSR count). The molecule has 0 bridgehead atoms. The smallest absolute Gasteiger partial charge is 0.197 e. The summed E-state index contributed by atoms with van der Waals surface area (Å²) < 4.78 is 5.05. The molecular weight excluding hydrogens is 605 g/mol. The van der Waals surface area contributed by atoms with E-state index in [-0.39, 0.29) is 0 Å². The summed E-state index contributed by atoms with van der Waals surface area (Å²) in [5.74, 6) is 0. The van der Waals surface area contributed by atoms with Gasteiger partial charge in [0.05, 0.1) is 16.5 Å². The van der Waals surface area contributed by atoms with Crippen molar-refractivity contribution < 1.29 is 9.13 Å². The minimum Gasteiger partial charge on any atom is -0.197 e. The average molecular weight is 637 g/mol. The fourth-order valence-electron chi connectivity index (χ4n) is 7.41. The number of aromatic nitrogens is 2. The zero-order valence-electron chi connectivity index (χ0n) is 25.3. The molecule has 7 aromatic rings. The van der Waals surface area contributed by atoms with Gasteiger partial charge in [-0.15, -0.1) is 34.0 Å². The molecular formula is C40H32N2S3+2. The SMILES string of the molecule is Cc1c(C)c2c(c3c1CC[n+]1ccc4ccccc4c1-3)-c1cccc(/C=C/c3ccc(-c4ccc(-c5cccs5)s4)s3)[n+]1CC2. The van der Waals surface area contributed by atoms with Crippen molar-refractivity contribution in [2.24, 2.45) is 0 Å². The van der Waals surface area contributed by atoms with E-state index in [0.717, 1.165) is 25.9 Å². The molecule has 0 atom stereocenters. The first-order chi connectivity index (χ1) is 22.1. The summed E-state index contributed by atoms with van der Waals surface area (Å²) >= 11 is 5.56. The predicted octanol–water partition coefficient (Wildman–Crippen LogP) is 10.2. The molecule has 5 aromatic heterocycles. The van der Waals surface area contributed by atoms with Crippen LogP contribution in [0.4, 0.5) is 0 Å². The zero-order chi connectivity index (χ0) is 30.1. The molecule has 5 heteroatoms. The fourth-order valence-corrected chi connectivity index (χ4v) is 10.3. The van der Waals surface area contributed by atoms with Gasteiger partial charge in [-0.05, 0) is 95.4 Å². The van der Waals surface area contributed by atoms with Gasteiger partial charge < -0.3 is 0 Å². The van der Waals surface area contributed by atoms with Gasteiger partial charge in [-0.3, -0.25) is 0 Å². The molecule has 0 spiro atoms. The van der Waals surface area contributed by atoms with Crippen molar-refractivity contribution in [1.29, 1.82) is 0 Å². The summed E-state index contributed by atoms with van der Waals surface area (Å²) in [4.78, 5) is 6.65. The summed E-state index contributed by atoms with van der Waals surface area (Å²) in [6.07, 6.45) is 9.05. The molecule has 0 aliphatic carbocycles. The third kappa shape index (κ3) is 4.40. The van der Waals surface area contributed by atoms with Crippen LogP contribution < -0.4 is 9.13 Å². The second-order valence-electron chi connectivity index (χ2n) is 12.1. The minimum absolute atomic E-state index is 0.994. The normalized spacial score (nSPS) is 13.6. The molecule has 45 heavy (non-hydrogen) atoms. The molecule has 2 aliphatic rings. The van der Waals surface area contributed by atoms with E-state index in [1.807, 2.05) is 34.0 Å². The van der Waals surface area contributed by atoms with Crippen LogP contribution in [0, 0.1) is 13.8 Å². The number of hydrogen-bond donors (Lipinski definition) is 0.